The van der Waals surface area contributed by atoms with Gasteiger partial charge in [-0.2, -0.15) is 5.26 Å². The summed E-state index contributed by atoms with van der Waals surface area (Å²) in [5.41, 5.74) is 11.7. The molecule has 2 N–H and O–H groups in total. The van der Waals surface area contributed by atoms with Crippen molar-refractivity contribution in [2.75, 3.05) is 0 Å². The van der Waals surface area contributed by atoms with Gasteiger partial charge in [0.25, 0.3) is 0 Å². The molecule has 0 heterocycles. The lowest BCUT2D eigenvalue weighted by molar-refractivity contribution is 1.23. The topological polar surface area (TPSA) is 49.8 Å². The average molecular weight is 244 g/mol. The van der Waals surface area contributed by atoms with E-state index >= 15 is 0 Å². The number of nitrogens with zero attached hydrogens (tertiary/aromatic N) is 1. The molecule has 0 radical (unpaired) electrons. The summed E-state index contributed by atoms with van der Waals surface area (Å²) in [6, 6.07) is 4.19. The summed E-state index contributed by atoms with van der Waals surface area (Å²) in [4.78, 5) is 0.144. The zero-order valence-corrected chi connectivity index (χ0v) is 11.4. The Balaban J connectivity index is 3.53. The van der Waals surface area contributed by atoms with Crippen LogP contribution in [-0.2, 0) is 0 Å². The maximum Gasteiger partial charge on any atom is 0.114 e. The first-order valence-electron chi connectivity index (χ1n) is 5.37. The lowest BCUT2D eigenvalue weighted by Gasteiger charge is -2.12. The monoisotopic (exact) mass is 244 g/mol. The van der Waals surface area contributed by atoms with Crippen LogP contribution in [-0.4, -0.2) is 4.99 Å². The van der Waals surface area contributed by atoms with Crippen LogP contribution in [0.15, 0.2) is 11.6 Å². The Hall–Kier alpha value is -1.66. The van der Waals surface area contributed by atoms with Gasteiger partial charge in [-0.15, -0.1) is 0 Å². The van der Waals surface area contributed by atoms with E-state index in [0.717, 1.165) is 16.7 Å². The Labute approximate surface area is 108 Å². The summed E-state index contributed by atoms with van der Waals surface area (Å²) in [7, 11) is 0. The number of benzene rings is 1. The molecule has 1 aromatic carbocycles. The summed E-state index contributed by atoms with van der Waals surface area (Å²) >= 11 is 4.85. The third-order valence-electron chi connectivity index (χ3n) is 3.10. The lowest BCUT2D eigenvalue weighted by atomic mass is 9.93. The fraction of sp³-hybridized carbons (Fsp3) is 0.286. The van der Waals surface area contributed by atoms with Gasteiger partial charge in [0.15, 0.2) is 0 Å². The highest BCUT2D eigenvalue weighted by Gasteiger charge is 2.08. The van der Waals surface area contributed by atoms with Gasteiger partial charge in [0.2, 0.25) is 0 Å². The van der Waals surface area contributed by atoms with Crippen LogP contribution < -0.4 is 5.73 Å². The van der Waals surface area contributed by atoms with E-state index in [0.29, 0.717) is 5.57 Å². The highest BCUT2D eigenvalue weighted by atomic mass is 32.1. The maximum absolute atomic E-state index is 8.99. The summed E-state index contributed by atoms with van der Waals surface area (Å²) in [6.07, 6.45) is 1.78. The van der Waals surface area contributed by atoms with Gasteiger partial charge in [-0.25, -0.2) is 0 Å². The van der Waals surface area contributed by atoms with E-state index in [2.05, 4.69) is 19.9 Å². The second kappa shape index (κ2) is 5.11. The van der Waals surface area contributed by atoms with E-state index in [4.69, 9.17) is 23.2 Å². The van der Waals surface area contributed by atoms with Crippen LogP contribution in [0, 0.1) is 39.0 Å². The predicted molar refractivity (Wildman–Crippen MR) is 75.8 cm³/mol. The van der Waals surface area contributed by atoms with E-state index in [1.54, 1.807) is 6.08 Å². The molecule has 0 aliphatic rings. The van der Waals surface area contributed by atoms with Crippen LogP contribution in [0.4, 0.5) is 0 Å². The fourth-order valence-corrected chi connectivity index (χ4v) is 1.87. The molecule has 0 atom stereocenters. The molecule has 0 unspecified atom stereocenters. The molecule has 0 amide bonds. The van der Waals surface area contributed by atoms with Crippen molar-refractivity contribution in [3.63, 3.8) is 0 Å². The minimum Gasteiger partial charge on any atom is -0.389 e. The van der Waals surface area contributed by atoms with Crippen LogP contribution >= 0.6 is 12.2 Å². The number of hydrogen-bond donors (Lipinski definition) is 1. The van der Waals surface area contributed by atoms with Gasteiger partial charge in [-0.3, -0.25) is 0 Å². The van der Waals surface area contributed by atoms with Gasteiger partial charge in [-0.1, -0.05) is 18.3 Å². The Morgan fingerprint density at radius 1 is 1.24 bits per heavy atom. The Morgan fingerprint density at radius 2 is 1.71 bits per heavy atom. The first-order chi connectivity index (χ1) is 7.88. The minimum absolute atomic E-state index is 0.144. The molecule has 0 saturated heterocycles. The second-order valence-electron chi connectivity index (χ2n) is 4.21. The van der Waals surface area contributed by atoms with Crippen LogP contribution in [0.3, 0.4) is 0 Å². The standard InChI is InChI=1S/C14H16N2S/c1-8-5-9(2)11(4)13(10(8)3)6-12(7-15)14(16)17/h5-6H,1-4H3,(H2,16,17). The van der Waals surface area contributed by atoms with Crippen molar-refractivity contribution in [1.82, 2.24) is 0 Å². The first kappa shape index (κ1) is 13.4. The molecule has 0 spiro atoms. The van der Waals surface area contributed by atoms with E-state index in [9.17, 15) is 0 Å². The summed E-state index contributed by atoms with van der Waals surface area (Å²) < 4.78 is 0. The van der Waals surface area contributed by atoms with Crippen LogP contribution in [0.1, 0.15) is 27.8 Å². The molecule has 3 heteroatoms. The Bertz CT molecular complexity index is 522. The van der Waals surface area contributed by atoms with Gasteiger partial charge in [0.05, 0.1) is 5.57 Å². The average Bonchev–Trinajstić information content (AvgIpc) is 2.26. The summed E-state index contributed by atoms with van der Waals surface area (Å²) in [5.74, 6) is 0. The molecular weight excluding hydrogens is 228 g/mol. The molecule has 1 aromatic rings. The predicted octanol–water partition coefficient (Wildman–Crippen LogP) is 3.11. The first-order valence-corrected chi connectivity index (χ1v) is 5.78. The van der Waals surface area contributed by atoms with Crippen molar-refractivity contribution in [1.29, 1.82) is 5.26 Å². The van der Waals surface area contributed by atoms with Gasteiger partial charge in [0, 0.05) is 0 Å². The Morgan fingerprint density at radius 3 is 2.06 bits per heavy atom. The second-order valence-corrected chi connectivity index (χ2v) is 4.65. The van der Waals surface area contributed by atoms with Crippen molar-refractivity contribution < 1.29 is 0 Å². The molecule has 0 bridgehead atoms. The van der Waals surface area contributed by atoms with Crippen molar-refractivity contribution in [2.45, 2.75) is 27.7 Å². The molecule has 0 aromatic heterocycles. The van der Waals surface area contributed by atoms with Crippen LogP contribution in [0.5, 0.6) is 0 Å². The zero-order valence-electron chi connectivity index (χ0n) is 10.6. The van der Waals surface area contributed by atoms with Gasteiger partial charge >= 0.3 is 0 Å². The van der Waals surface area contributed by atoms with Gasteiger partial charge in [-0.05, 0) is 61.6 Å². The third-order valence-corrected chi connectivity index (χ3v) is 3.32. The lowest BCUT2D eigenvalue weighted by Crippen LogP contribution is -2.10. The smallest absolute Gasteiger partial charge is 0.114 e. The zero-order chi connectivity index (χ0) is 13.2. The number of nitriles is 1. The van der Waals surface area contributed by atoms with E-state index in [1.807, 2.05) is 19.9 Å². The number of nitrogens with two attached hydrogens (primary N) is 1. The summed E-state index contributed by atoms with van der Waals surface area (Å²) in [5, 5.41) is 8.99. The third kappa shape index (κ3) is 2.72. The molecule has 88 valence electrons. The SMILES string of the molecule is Cc1cc(C)c(C)c(C=C(C#N)C(N)=S)c1C. The number of aryl methyl sites for hydroxylation is 2. The summed E-state index contributed by atoms with van der Waals surface area (Å²) in [6.45, 7) is 8.21. The molecule has 2 nitrogen and oxygen atoms in total. The fourth-order valence-electron chi connectivity index (χ4n) is 1.77. The normalized spacial score (nSPS) is 11.1. The van der Waals surface area contributed by atoms with Crippen molar-refractivity contribution in [3.05, 3.63) is 39.5 Å². The quantitative estimate of drug-likeness (QED) is 0.494. The number of thiocarbonyl (C=S) groups is 1. The highest BCUT2D eigenvalue weighted by molar-refractivity contribution is 7.80. The maximum atomic E-state index is 8.99. The Kier molecular flexibility index (Phi) is 4.03. The van der Waals surface area contributed by atoms with Crippen LogP contribution in [0.25, 0.3) is 6.08 Å². The van der Waals surface area contributed by atoms with E-state index < -0.39 is 0 Å². The largest absolute Gasteiger partial charge is 0.389 e. The molecule has 17 heavy (non-hydrogen) atoms. The van der Waals surface area contributed by atoms with Crippen molar-refractivity contribution in [3.8, 4) is 6.07 Å². The molecule has 1 rings (SSSR count). The van der Waals surface area contributed by atoms with Crippen molar-refractivity contribution >= 4 is 23.3 Å². The molecule has 0 aliphatic heterocycles. The highest BCUT2D eigenvalue weighted by Crippen LogP contribution is 2.23. The van der Waals surface area contributed by atoms with E-state index in [1.165, 1.54) is 11.1 Å². The molecule has 0 fully saturated rings. The number of hydrogen-bond acceptors (Lipinski definition) is 2. The van der Waals surface area contributed by atoms with Crippen molar-refractivity contribution in [2.24, 2.45) is 5.73 Å². The molecule has 0 saturated carbocycles. The molecular formula is C14H16N2S. The van der Waals surface area contributed by atoms with Gasteiger partial charge in [0.1, 0.15) is 11.1 Å². The van der Waals surface area contributed by atoms with Crippen LogP contribution in [0.2, 0.25) is 0 Å². The minimum atomic E-state index is 0.144. The van der Waals surface area contributed by atoms with E-state index in [-0.39, 0.29) is 4.99 Å². The molecule has 0 aliphatic carbocycles. The van der Waals surface area contributed by atoms with Gasteiger partial charge < -0.3 is 5.73 Å². The number of rotatable bonds is 2.